The Hall–Kier alpha value is -1.63. The van der Waals surface area contributed by atoms with Gasteiger partial charge in [-0.25, -0.2) is 0 Å². The highest BCUT2D eigenvalue weighted by Crippen LogP contribution is 2.12. The van der Waals surface area contributed by atoms with Crippen LogP contribution >= 0.6 is 0 Å². The molecule has 0 heterocycles. The van der Waals surface area contributed by atoms with Crippen molar-refractivity contribution in [3.8, 4) is 0 Å². The van der Waals surface area contributed by atoms with Gasteiger partial charge in [-0.2, -0.15) is 0 Å². The van der Waals surface area contributed by atoms with Crippen LogP contribution in [0.4, 0.5) is 0 Å². The van der Waals surface area contributed by atoms with Crippen LogP contribution in [0.5, 0.6) is 0 Å². The molecule has 0 radical (unpaired) electrons. The highest BCUT2D eigenvalue weighted by molar-refractivity contribution is 5.72. The molecule has 0 aliphatic carbocycles. The minimum atomic E-state index is 0.901. The van der Waals surface area contributed by atoms with E-state index in [-0.39, 0.29) is 0 Å². The summed E-state index contributed by atoms with van der Waals surface area (Å²) < 4.78 is 0. The van der Waals surface area contributed by atoms with Crippen molar-refractivity contribution in [1.29, 1.82) is 0 Å². The Balaban J connectivity index is 4.89. The third-order valence-electron chi connectivity index (χ3n) is 1.58. The van der Waals surface area contributed by atoms with Gasteiger partial charge in [0.2, 0.25) is 0 Å². The molecule has 0 amide bonds. The van der Waals surface area contributed by atoms with Crippen molar-refractivity contribution in [2.45, 2.75) is 13.8 Å². The van der Waals surface area contributed by atoms with Crippen LogP contribution in [0.25, 0.3) is 0 Å². The zero-order valence-corrected chi connectivity index (χ0v) is 8.90. The van der Waals surface area contributed by atoms with E-state index in [0.29, 0.717) is 0 Å². The molecular formula is C13H17N. The van der Waals surface area contributed by atoms with Gasteiger partial charge in [-0.15, -0.1) is 0 Å². The average molecular weight is 187 g/mol. The molecule has 1 heteroatoms. The summed E-state index contributed by atoms with van der Waals surface area (Å²) in [7, 11) is 0. The summed E-state index contributed by atoms with van der Waals surface area (Å²) in [5.41, 5.74) is 1.90. The second-order valence-electron chi connectivity index (χ2n) is 2.54. The minimum absolute atomic E-state index is 0.901. The van der Waals surface area contributed by atoms with Crippen molar-refractivity contribution in [2.24, 2.45) is 4.99 Å². The van der Waals surface area contributed by atoms with Crippen LogP contribution in [0.1, 0.15) is 13.8 Å². The summed E-state index contributed by atoms with van der Waals surface area (Å²) in [4.78, 5) is 4.23. The molecule has 14 heavy (non-hydrogen) atoms. The number of nitrogens with zero attached hydrogens (tertiary/aromatic N) is 1. The molecule has 0 aromatic heterocycles. The molecule has 0 unspecified atom stereocenters. The van der Waals surface area contributed by atoms with Crippen LogP contribution in [-0.4, -0.2) is 6.21 Å². The SMILES string of the molecule is C=CC=NC(=C\C)/C(C=C)=C/C=C\C. The van der Waals surface area contributed by atoms with Crippen molar-refractivity contribution in [1.82, 2.24) is 0 Å². The predicted molar refractivity (Wildman–Crippen MR) is 65.5 cm³/mol. The number of hydrogen-bond donors (Lipinski definition) is 0. The lowest BCUT2D eigenvalue weighted by Gasteiger charge is -1.99. The van der Waals surface area contributed by atoms with Crippen LogP contribution < -0.4 is 0 Å². The Morgan fingerprint density at radius 2 is 1.93 bits per heavy atom. The van der Waals surface area contributed by atoms with Crippen LogP contribution in [0.2, 0.25) is 0 Å². The van der Waals surface area contributed by atoms with Gasteiger partial charge in [-0.1, -0.05) is 49.6 Å². The van der Waals surface area contributed by atoms with Gasteiger partial charge >= 0.3 is 0 Å². The second kappa shape index (κ2) is 7.99. The Labute approximate surface area is 86.6 Å². The first-order valence-electron chi connectivity index (χ1n) is 4.57. The summed E-state index contributed by atoms with van der Waals surface area (Å²) in [6, 6.07) is 0. The molecule has 0 N–H and O–H groups in total. The van der Waals surface area contributed by atoms with Gasteiger partial charge in [0, 0.05) is 6.21 Å². The van der Waals surface area contributed by atoms with E-state index < -0.39 is 0 Å². The quantitative estimate of drug-likeness (QED) is 0.458. The smallest absolute Gasteiger partial charge is 0.0659 e. The number of allylic oxidation sites excluding steroid dienone is 6. The third-order valence-corrected chi connectivity index (χ3v) is 1.58. The van der Waals surface area contributed by atoms with E-state index in [1.165, 1.54) is 0 Å². The lowest BCUT2D eigenvalue weighted by molar-refractivity contribution is 1.33. The highest BCUT2D eigenvalue weighted by Gasteiger charge is 1.94. The Morgan fingerprint density at radius 3 is 2.36 bits per heavy atom. The molecular weight excluding hydrogens is 170 g/mol. The largest absolute Gasteiger partial charge is 0.257 e. The maximum atomic E-state index is 4.23. The fourth-order valence-corrected chi connectivity index (χ4v) is 0.907. The van der Waals surface area contributed by atoms with Crippen molar-refractivity contribution >= 4 is 6.21 Å². The Morgan fingerprint density at radius 1 is 1.21 bits per heavy atom. The predicted octanol–water partition coefficient (Wildman–Crippen LogP) is 3.84. The number of aliphatic imine (C=N–C) groups is 1. The van der Waals surface area contributed by atoms with E-state index in [0.717, 1.165) is 11.3 Å². The first kappa shape index (κ1) is 12.4. The Kier molecular flexibility index (Phi) is 7.06. The van der Waals surface area contributed by atoms with Gasteiger partial charge in [0.25, 0.3) is 0 Å². The molecule has 0 saturated carbocycles. The molecule has 0 aliphatic rings. The minimum Gasteiger partial charge on any atom is -0.257 e. The third kappa shape index (κ3) is 4.41. The second-order valence-corrected chi connectivity index (χ2v) is 2.54. The van der Waals surface area contributed by atoms with E-state index in [2.05, 4.69) is 18.2 Å². The maximum Gasteiger partial charge on any atom is 0.0659 e. The first-order chi connectivity index (χ1) is 6.79. The van der Waals surface area contributed by atoms with Crippen LogP contribution in [0.15, 0.2) is 65.9 Å². The summed E-state index contributed by atoms with van der Waals surface area (Å²) in [6.45, 7) is 11.2. The molecule has 0 aromatic rings. The van der Waals surface area contributed by atoms with Gasteiger partial charge in [0.05, 0.1) is 5.70 Å². The van der Waals surface area contributed by atoms with E-state index >= 15 is 0 Å². The summed E-state index contributed by atoms with van der Waals surface area (Å²) in [5.74, 6) is 0. The van der Waals surface area contributed by atoms with Crippen molar-refractivity contribution in [3.05, 3.63) is 60.9 Å². The molecule has 0 spiro atoms. The van der Waals surface area contributed by atoms with Crippen LogP contribution in [0.3, 0.4) is 0 Å². The van der Waals surface area contributed by atoms with Gasteiger partial charge < -0.3 is 0 Å². The van der Waals surface area contributed by atoms with Crippen LogP contribution in [-0.2, 0) is 0 Å². The fourth-order valence-electron chi connectivity index (χ4n) is 0.907. The van der Waals surface area contributed by atoms with Gasteiger partial charge in [-0.05, 0) is 19.4 Å². The maximum absolute atomic E-state index is 4.23. The van der Waals surface area contributed by atoms with Crippen molar-refractivity contribution in [2.75, 3.05) is 0 Å². The zero-order valence-electron chi connectivity index (χ0n) is 8.90. The summed E-state index contributed by atoms with van der Waals surface area (Å²) >= 11 is 0. The average Bonchev–Trinajstić information content (AvgIpc) is 2.23. The molecule has 0 atom stereocenters. The number of rotatable bonds is 5. The standard InChI is InChI=1S/C13H17N/c1-5-9-10-12(7-3)13(8-4)14-11-6-2/h5-11H,2-3H2,1,4H3/b9-5-,12-10+,13-8-,14-11?. The normalized spacial score (nSPS) is 13.9. The van der Waals surface area contributed by atoms with E-state index in [1.54, 1.807) is 18.4 Å². The van der Waals surface area contributed by atoms with Gasteiger partial charge in [0.15, 0.2) is 0 Å². The van der Waals surface area contributed by atoms with Crippen molar-refractivity contribution < 1.29 is 0 Å². The van der Waals surface area contributed by atoms with Gasteiger partial charge in [0.1, 0.15) is 0 Å². The fraction of sp³-hybridized carbons (Fsp3) is 0.154. The molecule has 0 rings (SSSR count). The zero-order chi connectivity index (χ0) is 10.8. The number of hydrogen-bond acceptors (Lipinski definition) is 1. The van der Waals surface area contributed by atoms with Crippen molar-refractivity contribution in [3.63, 3.8) is 0 Å². The van der Waals surface area contributed by atoms with Crippen LogP contribution in [0, 0.1) is 0 Å². The lowest BCUT2D eigenvalue weighted by atomic mass is 10.1. The summed E-state index contributed by atoms with van der Waals surface area (Å²) in [6.07, 6.45) is 13.0. The molecule has 74 valence electrons. The van der Waals surface area contributed by atoms with E-state index in [9.17, 15) is 0 Å². The first-order valence-corrected chi connectivity index (χ1v) is 4.57. The Bertz CT molecular complexity index is 301. The summed E-state index contributed by atoms with van der Waals surface area (Å²) in [5, 5.41) is 0. The molecule has 0 bridgehead atoms. The molecule has 0 aromatic carbocycles. The monoisotopic (exact) mass is 187 g/mol. The molecule has 0 saturated heterocycles. The molecule has 0 fully saturated rings. The van der Waals surface area contributed by atoms with Gasteiger partial charge in [-0.3, -0.25) is 4.99 Å². The molecule has 1 nitrogen and oxygen atoms in total. The highest BCUT2D eigenvalue weighted by atomic mass is 14.7. The van der Waals surface area contributed by atoms with E-state index in [4.69, 9.17) is 0 Å². The topological polar surface area (TPSA) is 12.4 Å². The molecule has 0 aliphatic heterocycles. The van der Waals surface area contributed by atoms with E-state index in [1.807, 2.05) is 38.2 Å². The lowest BCUT2D eigenvalue weighted by Crippen LogP contribution is -1.82.